The average molecular weight is 176 g/mol. The highest BCUT2D eigenvalue weighted by Crippen LogP contribution is 2.24. The number of aliphatic imine (C=N–C) groups is 1. The number of benzene rings is 1. The van der Waals surface area contributed by atoms with Crippen LogP contribution in [0, 0.1) is 0 Å². The maximum absolute atomic E-state index is 5.68. The summed E-state index contributed by atoms with van der Waals surface area (Å²) in [6.45, 7) is 0.739. The molecule has 0 saturated carbocycles. The molecule has 1 unspecified atom stereocenters. The van der Waals surface area contributed by atoms with Crippen LogP contribution in [0.5, 0.6) is 0 Å². The van der Waals surface area contributed by atoms with Crippen LogP contribution in [-0.4, -0.2) is 13.0 Å². The van der Waals surface area contributed by atoms with Crippen molar-refractivity contribution in [3.8, 4) is 0 Å². The second kappa shape index (κ2) is 3.47. The molecule has 0 aliphatic carbocycles. The Labute approximate surface area is 77.2 Å². The van der Waals surface area contributed by atoms with Gasteiger partial charge in [-0.25, -0.2) is 0 Å². The first-order valence-corrected chi connectivity index (χ1v) is 4.35. The molecule has 0 fully saturated rings. The van der Waals surface area contributed by atoms with Crippen molar-refractivity contribution in [1.29, 1.82) is 0 Å². The van der Waals surface area contributed by atoms with Crippen LogP contribution in [0.1, 0.15) is 18.0 Å². The highest BCUT2D eigenvalue weighted by atomic mass is 16.5. The highest BCUT2D eigenvalue weighted by molar-refractivity contribution is 5.49. The Morgan fingerprint density at radius 3 is 3.08 bits per heavy atom. The molecule has 1 aliphatic heterocycles. The first-order chi connectivity index (χ1) is 6.36. The lowest BCUT2D eigenvalue weighted by Crippen LogP contribution is -2.07. The maximum Gasteiger partial charge on any atom is 0.169 e. The van der Waals surface area contributed by atoms with E-state index in [9.17, 15) is 0 Å². The van der Waals surface area contributed by atoms with Gasteiger partial charge in [0.25, 0.3) is 0 Å². The predicted octanol–water partition coefficient (Wildman–Crippen LogP) is 1.76. The van der Waals surface area contributed by atoms with Crippen molar-refractivity contribution in [2.45, 2.75) is 12.5 Å². The van der Waals surface area contributed by atoms with E-state index in [0.29, 0.717) is 0 Å². The molecule has 1 heterocycles. The summed E-state index contributed by atoms with van der Waals surface area (Å²) in [5.41, 5.74) is 7.64. The topological polar surface area (TPSA) is 47.6 Å². The summed E-state index contributed by atoms with van der Waals surface area (Å²) in [6, 6.07) is 8.07. The zero-order chi connectivity index (χ0) is 9.10. The van der Waals surface area contributed by atoms with E-state index in [2.05, 4.69) is 4.99 Å². The van der Waals surface area contributed by atoms with Crippen molar-refractivity contribution in [3.63, 3.8) is 0 Å². The van der Waals surface area contributed by atoms with Gasteiger partial charge in [-0.05, 0) is 17.7 Å². The molecule has 1 aromatic rings. The van der Waals surface area contributed by atoms with E-state index in [1.54, 1.807) is 0 Å². The Balaban J connectivity index is 2.24. The Bertz CT molecular complexity index is 322. The van der Waals surface area contributed by atoms with Crippen molar-refractivity contribution in [3.05, 3.63) is 29.8 Å². The Morgan fingerprint density at radius 2 is 2.38 bits per heavy atom. The zero-order valence-corrected chi connectivity index (χ0v) is 7.31. The fraction of sp³-hybridized carbons (Fsp3) is 0.300. The molecule has 3 heteroatoms. The summed E-state index contributed by atoms with van der Waals surface area (Å²) < 4.78 is 5.03. The lowest BCUT2D eigenvalue weighted by atomic mass is 10.0. The number of hydrogen-bond acceptors (Lipinski definition) is 3. The minimum Gasteiger partial charge on any atom is -0.483 e. The molecule has 0 radical (unpaired) electrons. The van der Waals surface area contributed by atoms with Crippen molar-refractivity contribution in [1.82, 2.24) is 0 Å². The number of ether oxygens (including phenoxy) is 1. The summed E-state index contributed by atoms with van der Waals surface area (Å²) in [5.74, 6) is 0. The Morgan fingerprint density at radius 1 is 1.46 bits per heavy atom. The third-order valence-corrected chi connectivity index (χ3v) is 2.12. The van der Waals surface area contributed by atoms with Gasteiger partial charge in [0.15, 0.2) is 6.40 Å². The van der Waals surface area contributed by atoms with Crippen LogP contribution >= 0.6 is 0 Å². The van der Waals surface area contributed by atoms with E-state index in [-0.39, 0.29) is 6.04 Å². The molecule has 0 bridgehead atoms. The van der Waals surface area contributed by atoms with Gasteiger partial charge in [0.1, 0.15) is 0 Å². The summed E-state index contributed by atoms with van der Waals surface area (Å²) in [4.78, 5) is 4.24. The lowest BCUT2D eigenvalue weighted by molar-refractivity contribution is 0.276. The highest BCUT2D eigenvalue weighted by Gasteiger charge is 2.12. The van der Waals surface area contributed by atoms with Crippen LogP contribution in [-0.2, 0) is 4.74 Å². The van der Waals surface area contributed by atoms with Gasteiger partial charge in [0, 0.05) is 12.1 Å². The smallest absolute Gasteiger partial charge is 0.169 e. The molecular weight excluding hydrogens is 164 g/mol. The molecule has 3 nitrogen and oxygen atoms in total. The standard InChI is InChI=1S/C10H12N2O/c11-9-3-1-2-8(6-9)10-4-5-13-7-12-10/h1-3,6-7,10H,4-5,11H2. The number of hydrogen-bond donors (Lipinski definition) is 1. The number of nitrogens with two attached hydrogens (primary N) is 1. The molecule has 0 spiro atoms. The van der Waals surface area contributed by atoms with E-state index >= 15 is 0 Å². The van der Waals surface area contributed by atoms with Gasteiger partial charge in [0.2, 0.25) is 0 Å². The zero-order valence-electron chi connectivity index (χ0n) is 7.31. The van der Waals surface area contributed by atoms with E-state index in [4.69, 9.17) is 10.5 Å². The van der Waals surface area contributed by atoms with Gasteiger partial charge < -0.3 is 10.5 Å². The molecule has 68 valence electrons. The second-order valence-electron chi connectivity index (χ2n) is 3.10. The van der Waals surface area contributed by atoms with Gasteiger partial charge >= 0.3 is 0 Å². The van der Waals surface area contributed by atoms with Crippen molar-refractivity contribution >= 4 is 12.1 Å². The largest absolute Gasteiger partial charge is 0.483 e. The third-order valence-electron chi connectivity index (χ3n) is 2.12. The van der Waals surface area contributed by atoms with E-state index in [1.807, 2.05) is 24.3 Å². The molecule has 0 saturated heterocycles. The van der Waals surface area contributed by atoms with Crippen LogP contribution in [0.4, 0.5) is 5.69 Å². The van der Waals surface area contributed by atoms with Gasteiger partial charge in [0.05, 0.1) is 12.6 Å². The van der Waals surface area contributed by atoms with Gasteiger partial charge in [-0.1, -0.05) is 12.1 Å². The van der Waals surface area contributed by atoms with E-state index in [1.165, 1.54) is 12.0 Å². The molecule has 1 aromatic carbocycles. The third kappa shape index (κ3) is 1.80. The number of rotatable bonds is 1. The maximum atomic E-state index is 5.68. The van der Waals surface area contributed by atoms with Crippen LogP contribution < -0.4 is 5.73 Å². The van der Waals surface area contributed by atoms with Crippen molar-refractivity contribution < 1.29 is 4.74 Å². The molecule has 13 heavy (non-hydrogen) atoms. The SMILES string of the molecule is Nc1cccc(C2CCOC=N2)c1. The molecule has 2 rings (SSSR count). The van der Waals surface area contributed by atoms with E-state index in [0.717, 1.165) is 18.7 Å². The Hall–Kier alpha value is -1.51. The minimum absolute atomic E-state index is 0.220. The van der Waals surface area contributed by atoms with Gasteiger partial charge in [-0.2, -0.15) is 0 Å². The van der Waals surface area contributed by atoms with Crippen LogP contribution in [0.15, 0.2) is 29.3 Å². The molecule has 1 aliphatic rings. The normalized spacial score (nSPS) is 21.1. The second-order valence-corrected chi connectivity index (χ2v) is 3.10. The quantitative estimate of drug-likeness (QED) is 0.663. The summed E-state index contributed by atoms with van der Waals surface area (Å²) in [6.07, 6.45) is 2.46. The van der Waals surface area contributed by atoms with Gasteiger partial charge in [-0.3, -0.25) is 4.99 Å². The summed E-state index contributed by atoms with van der Waals surface area (Å²) >= 11 is 0. The van der Waals surface area contributed by atoms with Crippen LogP contribution in [0.3, 0.4) is 0 Å². The van der Waals surface area contributed by atoms with Crippen molar-refractivity contribution in [2.24, 2.45) is 4.99 Å². The monoisotopic (exact) mass is 176 g/mol. The molecule has 1 atom stereocenters. The molecule has 0 amide bonds. The predicted molar refractivity (Wildman–Crippen MR) is 52.7 cm³/mol. The van der Waals surface area contributed by atoms with Crippen LogP contribution in [0.25, 0.3) is 0 Å². The van der Waals surface area contributed by atoms with Gasteiger partial charge in [-0.15, -0.1) is 0 Å². The molecule has 0 aromatic heterocycles. The lowest BCUT2D eigenvalue weighted by Gasteiger charge is -2.16. The average Bonchev–Trinajstić information content (AvgIpc) is 2.19. The van der Waals surface area contributed by atoms with Crippen LogP contribution in [0.2, 0.25) is 0 Å². The molecular formula is C10H12N2O. The summed E-state index contributed by atoms with van der Waals surface area (Å²) in [5, 5.41) is 0. The number of nitrogen functional groups attached to an aromatic ring is 1. The van der Waals surface area contributed by atoms with E-state index < -0.39 is 0 Å². The minimum atomic E-state index is 0.220. The fourth-order valence-corrected chi connectivity index (χ4v) is 1.44. The number of nitrogens with zero attached hydrogens (tertiary/aromatic N) is 1. The van der Waals surface area contributed by atoms with Crippen molar-refractivity contribution in [2.75, 3.05) is 12.3 Å². The number of anilines is 1. The first kappa shape index (κ1) is 8.10. The molecule has 2 N–H and O–H groups in total. The summed E-state index contributed by atoms with van der Waals surface area (Å²) in [7, 11) is 0. The first-order valence-electron chi connectivity index (χ1n) is 4.35. The Kier molecular flexibility index (Phi) is 2.17. The fourth-order valence-electron chi connectivity index (χ4n) is 1.44.